The number of rotatable bonds is 2. The molecule has 0 radical (unpaired) electrons. The standard InChI is InChI=1S/C17H17N5/c1-2-4-12(5-3-1)13-6-8-14(9-7-13)21-16-15-10-20-22-17(15)19-11-18-16/h1-9,11,15,17,20,22H,10H2,(H,18,19,21). The summed E-state index contributed by atoms with van der Waals surface area (Å²) < 4.78 is 0. The summed E-state index contributed by atoms with van der Waals surface area (Å²) in [4.78, 5) is 8.69. The monoisotopic (exact) mass is 291 g/mol. The Kier molecular flexibility index (Phi) is 3.42. The number of hydrazine groups is 1. The van der Waals surface area contributed by atoms with Gasteiger partial charge in [0.15, 0.2) is 0 Å². The normalized spacial score (nSPS) is 23.0. The molecule has 2 aromatic rings. The number of fused-ring (bicyclic) bond motifs is 1. The van der Waals surface area contributed by atoms with E-state index >= 15 is 0 Å². The maximum Gasteiger partial charge on any atom is 0.125 e. The number of aliphatic imine (C=N–C) groups is 2. The number of nitrogens with zero attached hydrogens (tertiary/aromatic N) is 2. The number of amidine groups is 1. The van der Waals surface area contributed by atoms with Crippen molar-refractivity contribution in [3.05, 3.63) is 54.6 Å². The van der Waals surface area contributed by atoms with E-state index in [1.54, 1.807) is 6.34 Å². The highest BCUT2D eigenvalue weighted by atomic mass is 15.5. The summed E-state index contributed by atoms with van der Waals surface area (Å²) in [6, 6.07) is 18.8. The second-order valence-electron chi connectivity index (χ2n) is 5.42. The summed E-state index contributed by atoms with van der Waals surface area (Å²) in [5, 5.41) is 3.41. The van der Waals surface area contributed by atoms with Crippen molar-refractivity contribution in [3.8, 4) is 11.1 Å². The molecule has 110 valence electrons. The summed E-state index contributed by atoms with van der Waals surface area (Å²) in [6.45, 7) is 0.829. The van der Waals surface area contributed by atoms with Gasteiger partial charge in [0, 0.05) is 12.2 Å². The van der Waals surface area contributed by atoms with Crippen LogP contribution in [0.4, 0.5) is 5.69 Å². The number of benzene rings is 2. The van der Waals surface area contributed by atoms with E-state index in [0.29, 0.717) is 0 Å². The van der Waals surface area contributed by atoms with E-state index in [2.05, 4.69) is 74.7 Å². The average Bonchev–Trinajstić information content (AvgIpc) is 3.06. The van der Waals surface area contributed by atoms with Crippen LogP contribution in [0.2, 0.25) is 0 Å². The van der Waals surface area contributed by atoms with Crippen LogP contribution in [0.25, 0.3) is 11.1 Å². The summed E-state index contributed by atoms with van der Waals surface area (Å²) in [7, 11) is 0. The van der Waals surface area contributed by atoms with Gasteiger partial charge in [-0.1, -0.05) is 42.5 Å². The van der Waals surface area contributed by atoms with Crippen LogP contribution in [0, 0.1) is 5.92 Å². The van der Waals surface area contributed by atoms with Gasteiger partial charge in [-0.25, -0.2) is 10.4 Å². The Morgan fingerprint density at radius 1 is 0.955 bits per heavy atom. The molecule has 0 saturated carbocycles. The Balaban J connectivity index is 1.52. The van der Waals surface area contributed by atoms with E-state index in [9.17, 15) is 0 Å². The van der Waals surface area contributed by atoms with Gasteiger partial charge in [0.1, 0.15) is 18.3 Å². The fourth-order valence-electron chi connectivity index (χ4n) is 2.79. The topological polar surface area (TPSA) is 60.8 Å². The highest BCUT2D eigenvalue weighted by molar-refractivity contribution is 6.02. The predicted molar refractivity (Wildman–Crippen MR) is 89.8 cm³/mol. The quantitative estimate of drug-likeness (QED) is 0.795. The molecule has 22 heavy (non-hydrogen) atoms. The molecule has 3 N–H and O–H groups in total. The first-order valence-corrected chi connectivity index (χ1v) is 7.40. The van der Waals surface area contributed by atoms with Crippen LogP contribution in [0.15, 0.2) is 64.6 Å². The lowest BCUT2D eigenvalue weighted by atomic mass is 10.0. The van der Waals surface area contributed by atoms with Gasteiger partial charge in [-0.15, -0.1) is 0 Å². The number of nitrogens with one attached hydrogen (secondary N) is 3. The maximum absolute atomic E-state index is 4.38. The van der Waals surface area contributed by atoms with Gasteiger partial charge in [0.05, 0.1) is 5.92 Å². The zero-order valence-corrected chi connectivity index (χ0v) is 12.0. The molecule has 1 saturated heterocycles. The Morgan fingerprint density at radius 2 is 1.73 bits per heavy atom. The van der Waals surface area contributed by atoms with Crippen molar-refractivity contribution < 1.29 is 0 Å². The van der Waals surface area contributed by atoms with E-state index in [1.165, 1.54) is 11.1 Å². The van der Waals surface area contributed by atoms with E-state index in [-0.39, 0.29) is 12.1 Å². The summed E-state index contributed by atoms with van der Waals surface area (Å²) in [5.41, 5.74) is 9.73. The first-order valence-electron chi connectivity index (χ1n) is 7.40. The van der Waals surface area contributed by atoms with E-state index in [4.69, 9.17) is 0 Å². The van der Waals surface area contributed by atoms with Crippen LogP contribution in [-0.4, -0.2) is 24.9 Å². The van der Waals surface area contributed by atoms with Gasteiger partial charge in [0.25, 0.3) is 0 Å². The number of hydrogen-bond donors (Lipinski definition) is 3. The molecule has 2 aromatic carbocycles. The fourth-order valence-corrected chi connectivity index (χ4v) is 2.79. The number of hydrogen-bond acceptors (Lipinski definition) is 5. The van der Waals surface area contributed by atoms with Crippen LogP contribution in [-0.2, 0) is 0 Å². The lowest BCUT2D eigenvalue weighted by Gasteiger charge is -2.21. The second-order valence-corrected chi connectivity index (χ2v) is 5.42. The average molecular weight is 291 g/mol. The van der Waals surface area contributed by atoms with Crippen molar-refractivity contribution >= 4 is 17.9 Å². The third-order valence-electron chi connectivity index (χ3n) is 3.99. The van der Waals surface area contributed by atoms with Crippen LogP contribution in [0.5, 0.6) is 0 Å². The van der Waals surface area contributed by atoms with Crippen molar-refractivity contribution in [3.63, 3.8) is 0 Å². The SMILES string of the molecule is C1=NC2NNCC2C(Nc2ccc(-c3ccccc3)cc2)=N1. The molecule has 4 rings (SSSR count). The minimum atomic E-state index is 0.0728. The minimum absolute atomic E-state index is 0.0728. The molecule has 0 aliphatic carbocycles. The first kappa shape index (κ1) is 13.2. The van der Waals surface area contributed by atoms with Crippen LogP contribution in [0.3, 0.4) is 0 Å². The van der Waals surface area contributed by atoms with Crippen LogP contribution < -0.4 is 16.2 Å². The molecule has 0 aromatic heterocycles. The third-order valence-corrected chi connectivity index (χ3v) is 3.99. The largest absolute Gasteiger partial charge is 0.343 e. The van der Waals surface area contributed by atoms with Gasteiger partial charge >= 0.3 is 0 Å². The molecule has 2 heterocycles. The summed E-state index contributed by atoms with van der Waals surface area (Å²) in [5.74, 6) is 1.20. The van der Waals surface area contributed by atoms with Crippen molar-refractivity contribution in [1.29, 1.82) is 0 Å². The third kappa shape index (κ3) is 2.52. The van der Waals surface area contributed by atoms with E-state index < -0.39 is 0 Å². The van der Waals surface area contributed by atoms with Gasteiger partial charge in [-0.2, -0.15) is 0 Å². The second kappa shape index (κ2) is 5.71. The van der Waals surface area contributed by atoms with E-state index in [1.807, 2.05) is 6.07 Å². The molecule has 2 aliphatic heterocycles. The fraction of sp³-hybridized carbons (Fsp3) is 0.176. The molecular weight excluding hydrogens is 274 g/mol. The lowest BCUT2D eigenvalue weighted by Crippen LogP contribution is -2.37. The van der Waals surface area contributed by atoms with Gasteiger partial charge < -0.3 is 5.32 Å². The molecule has 5 heteroatoms. The molecule has 0 amide bonds. The molecule has 1 fully saturated rings. The molecule has 5 nitrogen and oxygen atoms in total. The summed E-state index contributed by atoms with van der Waals surface area (Å²) in [6.07, 6.45) is 1.69. The van der Waals surface area contributed by atoms with Crippen molar-refractivity contribution in [1.82, 2.24) is 10.9 Å². The summed E-state index contributed by atoms with van der Waals surface area (Å²) >= 11 is 0. The zero-order chi connectivity index (χ0) is 14.8. The van der Waals surface area contributed by atoms with Gasteiger partial charge in [-0.05, 0) is 23.3 Å². The Morgan fingerprint density at radius 3 is 2.55 bits per heavy atom. The Labute approximate surface area is 129 Å². The Hall–Kier alpha value is -2.50. The van der Waals surface area contributed by atoms with Crippen LogP contribution in [0.1, 0.15) is 0 Å². The predicted octanol–water partition coefficient (Wildman–Crippen LogP) is 2.26. The maximum atomic E-state index is 4.38. The molecule has 0 spiro atoms. The molecule has 0 bridgehead atoms. The van der Waals surface area contributed by atoms with Crippen LogP contribution >= 0.6 is 0 Å². The van der Waals surface area contributed by atoms with Crippen molar-refractivity contribution in [2.24, 2.45) is 15.9 Å². The highest BCUT2D eigenvalue weighted by Gasteiger charge is 2.32. The molecular formula is C17H17N5. The van der Waals surface area contributed by atoms with Crippen molar-refractivity contribution in [2.45, 2.75) is 6.17 Å². The highest BCUT2D eigenvalue weighted by Crippen LogP contribution is 2.22. The first-order chi connectivity index (χ1) is 10.9. The smallest absolute Gasteiger partial charge is 0.125 e. The lowest BCUT2D eigenvalue weighted by molar-refractivity contribution is 0.545. The molecule has 2 atom stereocenters. The zero-order valence-electron chi connectivity index (χ0n) is 12.0. The van der Waals surface area contributed by atoms with Crippen molar-refractivity contribution in [2.75, 3.05) is 11.9 Å². The Bertz CT molecular complexity index is 706. The number of anilines is 1. The van der Waals surface area contributed by atoms with E-state index in [0.717, 1.165) is 18.1 Å². The molecule has 2 unspecified atom stereocenters. The molecule has 2 aliphatic rings. The van der Waals surface area contributed by atoms with Gasteiger partial charge in [-0.3, -0.25) is 10.4 Å². The van der Waals surface area contributed by atoms with Gasteiger partial charge in [0.2, 0.25) is 0 Å². The minimum Gasteiger partial charge on any atom is -0.343 e.